The number of carbonyl (C=O) groups excluding carboxylic acids is 1. The second-order valence-electron chi connectivity index (χ2n) is 6.77. The molecule has 5 heteroatoms. The maximum absolute atomic E-state index is 12.2. The van der Waals surface area contributed by atoms with Crippen molar-refractivity contribution in [1.29, 1.82) is 0 Å². The van der Waals surface area contributed by atoms with Crippen LogP contribution >= 0.6 is 22.6 Å². The summed E-state index contributed by atoms with van der Waals surface area (Å²) in [7, 11) is 0. The van der Waals surface area contributed by atoms with Crippen molar-refractivity contribution in [3.05, 3.63) is 0 Å². The van der Waals surface area contributed by atoms with Crippen LogP contribution in [0.5, 0.6) is 0 Å². The van der Waals surface area contributed by atoms with Gasteiger partial charge < -0.3 is 9.47 Å². The number of alkyl halides is 1. The zero-order valence-corrected chi connectivity index (χ0v) is 15.0. The maximum atomic E-state index is 12.2. The molecule has 0 saturated carbocycles. The van der Waals surface area contributed by atoms with E-state index in [0.29, 0.717) is 12.5 Å². The third kappa shape index (κ3) is 5.10. The smallest absolute Gasteiger partial charge is 0.412 e. The number of ether oxygens (including phenoxy) is 2. The van der Waals surface area contributed by atoms with Gasteiger partial charge in [-0.05, 0) is 47.0 Å². The fourth-order valence-corrected chi connectivity index (χ4v) is 2.54. The summed E-state index contributed by atoms with van der Waals surface area (Å²) in [4.78, 5) is 13.9. The maximum Gasteiger partial charge on any atom is 0.412 e. The number of hydrogen-bond acceptors (Lipinski definition) is 3. The molecular weight excluding hydrogens is 357 g/mol. The van der Waals surface area contributed by atoms with E-state index < -0.39 is 11.3 Å². The predicted molar refractivity (Wildman–Crippen MR) is 84.6 cm³/mol. The molecule has 1 saturated heterocycles. The monoisotopic (exact) mass is 383 g/mol. The zero-order valence-electron chi connectivity index (χ0n) is 12.8. The first-order valence-electron chi connectivity index (χ1n) is 6.79. The van der Waals surface area contributed by atoms with Crippen molar-refractivity contribution in [3.63, 3.8) is 0 Å². The van der Waals surface area contributed by atoms with Crippen LogP contribution in [0.25, 0.3) is 0 Å². The van der Waals surface area contributed by atoms with Crippen LogP contribution < -0.4 is 0 Å². The van der Waals surface area contributed by atoms with Gasteiger partial charge in [0, 0.05) is 4.43 Å². The molecule has 4 nitrogen and oxygen atoms in total. The van der Waals surface area contributed by atoms with Crippen molar-refractivity contribution < 1.29 is 14.3 Å². The van der Waals surface area contributed by atoms with E-state index in [9.17, 15) is 4.79 Å². The quantitative estimate of drug-likeness (QED) is 0.550. The van der Waals surface area contributed by atoms with Crippen LogP contribution in [0.3, 0.4) is 0 Å². The van der Waals surface area contributed by atoms with Crippen molar-refractivity contribution in [2.45, 2.75) is 65.4 Å². The largest absolute Gasteiger partial charge is 0.444 e. The summed E-state index contributed by atoms with van der Waals surface area (Å²) in [6.07, 6.45) is 0.792. The summed E-state index contributed by atoms with van der Waals surface area (Å²) >= 11 is 2.38. The van der Waals surface area contributed by atoms with Crippen molar-refractivity contribution in [3.8, 4) is 0 Å². The highest BCUT2D eigenvalue weighted by molar-refractivity contribution is 14.1. The summed E-state index contributed by atoms with van der Waals surface area (Å²) in [5.41, 5.74) is -1.06. The highest BCUT2D eigenvalue weighted by atomic mass is 127. The minimum Gasteiger partial charge on any atom is -0.444 e. The average Bonchev–Trinajstić information content (AvgIpc) is 2.50. The summed E-state index contributed by atoms with van der Waals surface area (Å²) in [5.74, 6) is 0.597. The van der Waals surface area contributed by atoms with E-state index in [4.69, 9.17) is 9.47 Å². The lowest BCUT2D eigenvalue weighted by Gasteiger charge is -2.31. The van der Waals surface area contributed by atoms with Gasteiger partial charge in [0.25, 0.3) is 0 Å². The lowest BCUT2D eigenvalue weighted by atomic mass is 10.1. The summed E-state index contributed by atoms with van der Waals surface area (Å²) in [6.45, 7) is 12.3. The summed E-state index contributed by atoms with van der Waals surface area (Å²) < 4.78 is 12.5. The van der Waals surface area contributed by atoms with E-state index in [1.54, 1.807) is 4.90 Å². The number of hydrogen-bond donors (Lipinski definition) is 0. The van der Waals surface area contributed by atoms with Gasteiger partial charge in [-0.2, -0.15) is 0 Å². The number of carbonyl (C=O) groups is 1. The Morgan fingerprint density at radius 2 is 2.11 bits per heavy atom. The van der Waals surface area contributed by atoms with Gasteiger partial charge in [-0.1, -0.05) is 29.5 Å². The van der Waals surface area contributed by atoms with Gasteiger partial charge in [0.15, 0.2) is 0 Å². The zero-order chi connectivity index (χ0) is 14.8. The Balaban J connectivity index is 2.66. The molecule has 1 aliphatic rings. The van der Waals surface area contributed by atoms with Crippen LogP contribution in [0.2, 0.25) is 0 Å². The van der Waals surface area contributed by atoms with E-state index in [0.717, 1.165) is 10.8 Å². The fourth-order valence-electron chi connectivity index (χ4n) is 2.18. The first kappa shape index (κ1) is 17.0. The van der Waals surface area contributed by atoms with E-state index in [2.05, 4.69) is 29.5 Å². The summed E-state index contributed by atoms with van der Waals surface area (Å²) in [6, 6.07) is 0. The van der Waals surface area contributed by atoms with Crippen molar-refractivity contribution in [2.24, 2.45) is 5.92 Å². The van der Waals surface area contributed by atoms with Gasteiger partial charge in [0.05, 0.1) is 12.6 Å². The lowest BCUT2D eigenvalue weighted by Crippen LogP contribution is -2.46. The Kier molecular flexibility index (Phi) is 5.52. The second kappa shape index (κ2) is 6.16. The Morgan fingerprint density at radius 3 is 2.58 bits per heavy atom. The van der Waals surface area contributed by atoms with E-state index >= 15 is 0 Å². The van der Waals surface area contributed by atoms with Gasteiger partial charge in [-0.15, -0.1) is 0 Å². The van der Waals surface area contributed by atoms with Crippen LogP contribution in [-0.2, 0) is 9.47 Å². The SMILES string of the molecule is C[C@H](CI)C[C@@H]1CN(C(=O)OC(C)(C)C)C(C)(C)O1. The molecule has 0 aromatic heterocycles. The molecule has 0 spiro atoms. The van der Waals surface area contributed by atoms with E-state index in [-0.39, 0.29) is 12.2 Å². The third-order valence-electron chi connectivity index (χ3n) is 3.03. The van der Waals surface area contributed by atoms with Crippen molar-refractivity contribution in [1.82, 2.24) is 4.90 Å². The molecule has 19 heavy (non-hydrogen) atoms. The molecule has 0 N–H and O–H groups in total. The molecule has 0 aromatic carbocycles. The average molecular weight is 383 g/mol. The third-order valence-corrected chi connectivity index (χ3v) is 4.54. The standard InChI is InChI=1S/C14H26INO3/c1-10(8-15)7-11-9-16(14(5,6)18-11)12(17)19-13(2,3)4/h10-11H,7-9H2,1-6H3/t10-,11+/m0/s1. The van der Waals surface area contributed by atoms with Crippen LogP contribution in [-0.4, -0.2) is 39.4 Å². The highest BCUT2D eigenvalue weighted by Crippen LogP contribution is 2.31. The van der Waals surface area contributed by atoms with Crippen LogP contribution in [0.1, 0.15) is 48.0 Å². The molecule has 1 aliphatic heterocycles. The van der Waals surface area contributed by atoms with E-state index in [1.807, 2.05) is 34.6 Å². The second-order valence-corrected chi connectivity index (χ2v) is 7.65. The summed E-state index contributed by atoms with van der Waals surface area (Å²) in [5, 5.41) is 0. The van der Waals surface area contributed by atoms with Gasteiger partial charge >= 0.3 is 6.09 Å². The molecule has 1 heterocycles. The normalized spacial score (nSPS) is 24.4. The lowest BCUT2D eigenvalue weighted by molar-refractivity contribution is -0.0807. The van der Waals surface area contributed by atoms with Crippen LogP contribution in [0.15, 0.2) is 0 Å². The topological polar surface area (TPSA) is 38.8 Å². The first-order chi connectivity index (χ1) is 8.55. The molecule has 0 aromatic rings. The van der Waals surface area contributed by atoms with Gasteiger partial charge in [0.2, 0.25) is 0 Å². The predicted octanol–water partition coefficient (Wildman–Crippen LogP) is 3.82. The van der Waals surface area contributed by atoms with Crippen molar-refractivity contribution in [2.75, 3.05) is 11.0 Å². The molecule has 0 aliphatic carbocycles. The molecular formula is C14H26INO3. The molecule has 2 atom stereocenters. The molecule has 0 radical (unpaired) electrons. The molecule has 0 unspecified atom stereocenters. The molecule has 112 valence electrons. The number of nitrogens with zero attached hydrogens (tertiary/aromatic N) is 1. The van der Waals surface area contributed by atoms with Gasteiger partial charge in [-0.25, -0.2) is 4.79 Å². The molecule has 1 rings (SSSR count). The van der Waals surface area contributed by atoms with Crippen molar-refractivity contribution >= 4 is 28.7 Å². The highest BCUT2D eigenvalue weighted by Gasteiger charge is 2.44. The van der Waals surface area contributed by atoms with Crippen LogP contribution in [0.4, 0.5) is 4.79 Å². The molecule has 1 amide bonds. The Morgan fingerprint density at radius 1 is 1.53 bits per heavy atom. The minimum absolute atomic E-state index is 0.104. The molecule has 1 fully saturated rings. The fraction of sp³-hybridized carbons (Fsp3) is 0.929. The number of amides is 1. The minimum atomic E-state index is -0.585. The first-order valence-corrected chi connectivity index (χ1v) is 8.32. The molecule has 0 bridgehead atoms. The van der Waals surface area contributed by atoms with Gasteiger partial charge in [0.1, 0.15) is 11.3 Å². The number of halogens is 1. The Hall–Kier alpha value is -0.0400. The van der Waals surface area contributed by atoms with E-state index in [1.165, 1.54) is 0 Å². The Bertz CT molecular complexity index is 325. The Labute approximate surface area is 130 Å². The van der Waals surface area contributed by atoms with Gasteiger partial charge in [-0.3, -0.25) is 4.90 Å². The number of rotatable bonds is 3. The van der Waals surface area contributed by atoms with Crippen LogP contribution in [0, 0.1) is 5.92 Å².